The molecule has 8 heteroatoms. The molecule has 0 atom stereocenters. The van der Waals surface area contributed by atoms with E-state index in [1.807, 2.05) is 0 Å². The van der Waals surface area contributed by atoms with Crippen molar-refractivity contribution >= 4 is 70.7 Å². The molecule has 0 bridgehead atoms. The van der Waals surface area contributed by atoms with Crippen LogP contribution in [0.15, 0.2) is 0 Å². The van der Waals surface area contributed by atoms with E-state index in [9.17, 15) is 0 Å². The van der Waals surface area contributed by atoms with Crippen LogP contribution in [-0.2, 0) is 3.30 Å². The maximum absolute atomic E-state index is 6.11. The molecule has 0 saturated heterocycles. The minimum absolute atomic E-state index is 5.04. The molecule has 0 aromatic rings. The van der Waals surface area contributed by atoms with Gasteiger partial charge >= 0.3 is 74.0 Å². The van der Waals surface area contributed by atoms with Gasteiger partial charge in [-0.15, -0.1) is 0 Å². The molecule has 0 spiro atoms. The van der Waals surface area contributed by atoms with Crippen LogP contribution in [0.3, 0.4) is 0 Å². The van der Waals surface area contributed by atoms with Gasteiger partial charge in [0.05, 0.1) is 0 Å². The van der Waals surface area contributed by atoms with E-state index in [2.05, 4.69) is 0 Å². The fourth-order valence-corrected chi connectivity index (χ4v) is 0. The Balaban J connectivity index is 5.14. The predicted molar refractivity (Wildman–Crippen MR) is 41.0 cm³/mol. The number of hydrogen-bond acceptors (Lipinski definition) is 0. The number of rotatable bonds is 0. The zero-order valence-electron chi connectivity index (χ0n) is 3.02. The van der Waals surface area contributed by atoms with Gasteiger partial charge in [0.2, 0.25) is 0 Å². The summed E-state index contributed by atoms with van der Waals surface area (Å²) in [5.74, 6) is 0. The Bertz CT molecular complexity index is 96.6. The van der Waals surface area contributed by atoms with Crippen LogP contribution in [0.5, 0.6) is 0 Å². The summed E-state index contributed by atoms with van der Waals surface area (Å²) in [5.41, 5.74) is 0. The molecule has 0 fully saturated rings. The molecule has 56 valence electrons. The van der Waals surface area contributed by atoms with Crippen molar-refractivity contribution in [2.75, 3.05) is 0 Å². The third-order valence-electron chi connectivity index (χ3n) is 0. The Kier molecular flexibility index (Phi) is 1.66. The topological polar surface area (TPSA) is 0 Å². The van der Waals surface area contributed by atoms with Gasteiger partial charge in [-0.1, -0.05) is 0 Å². The number of hydrogen-bond donors (Lipinski definition) is 0. The van der Waals surface area contributed by atoms with E-state index in [0.29, 0.717) is 0 Å². The summed E-state index contributed by atoms with van der Waals surface area (Å²) in [6.45, 7) is 0. The first-order valence-corrected chi connectivity index (χ1v) is 12.4. The second kappa shape index (κ2) is 1.26. The summed E-state index contributed by atoms with van der Waals surface area (Å²) in [5, 5.41) is 0. The van der Waals surface area contributed by atoms with Crippen LogP contribution in [0.4, 0.5) is 0 Å². The van der Waals surface area contributed by atoms with E-state index in [1.165, 1.54) is 0 Å². The Morgan fingerprint density at radius 3 is 0.500 bits per heavy atom. The standard InChI is InChI=1S/7ClH.Mn/h7*1H;/q;;;;;;;+7/p-7. The van der Waals surface area contributed by atoms with Crippen molar-refractivity contribution in [3.05, 3.63) is 0 Å². The molecule has 0 radical (unpaired) electrons. The molecule has 0 aliphatic heterocycles. The number of halogens is 7. The molecular weight excluding hydrogens is 303 g/mol. The molecule has 0 amide bonds. The van der Waals surface area contributed by atoms with Gasteiger partial charge in [0.15, 0.2) is 0 Å². The van der Waals surface area contributed by atoms with Gasteiger partial charge in [-0.2, -0.15) is 0 Å². The fraction of sp³-hybridized carbons (Fsp3) is 0. The van der Waals surface area contributed by atoms with Crippen LogP contribution in [0.2, 0.25) is 0 Å². The molecule has 0 saturated carbocycles. The quantitative estimate of drug-likeness (QED) is 0.563. The Labute approximate surface area is 73.1 Å². The molecule has 0 aliphatic carbocycles. The molecule has 0 aliphatic rings. The summed E-state index contributed by atoms with van der Waals surface area (Å²) in [6.07, 6.45) is 0. The van der Waals surface area contributed by atoms with E-state index in [1.54, 1.807) is 0 Å². The van der Waals surface area contributed by atoms with Crippen LogP contribution in [0.25, 0.3) is 0 Å². The van der Waals surface area contributed by atoms with Crippen LogP contribution < -0.4 is 0 Å². The van der Waals surface area contributed by atoms with Gasteiger partial charge < -0.3 is 0 Å². The zero-order chi connectivity index (χ0) is 7.38. The summed E-state index contributed by atoms with van der Waals surface area (Å²) in [7, 11) is 35.3. The van der Waals surface area contributed by atoms with Crippen molar-refractivity contribution in [3.8, 4) is 0 Å². The molecule has 8 heavy (non-hydrogen) atoms. The normalized spacial score (nSPS) is 27.1. The molecule has 0 unspecified atom stereocenters. The average molecular weight is 303 g/mol. The fourth-order valence-electron chi connectivity index (χ4n) is 0. The molecular formula is Cl7Mn. The van der Waals surface area contributed by atoms with Crippen LogP contribution in [0.1, 0.15) is 0 Å². The van der Waals surface area contributed by atoms with Crippen molar-refractivity contribution < 1.29 is 3.30 Å². The Morgan fingerprint density at radius 1 is 0.500 bits per heavy atom. The van der Waals surface area contributed by atoms with Gasteiger partial charge in [-0.25, -0.2) is 0 Å². The molecule has 0 nitrogen and oxygen atoms in total. The van der Waals surface area contributed by atoms with Gasteiger partial charge in [-0.3, -0.25) is 0 Å². The second-order valence-electron chi connectivity index (χ2n) is 1.13. The van der Waals surface area contributed by atoms with Crippen molar-refractivity contribution in [3.63, 3.8) is 0 Å². The third-order valence-corrected chi connectivity index (χ3v) is 0. The monoisotopic (exact) mass is 300 g/mol. The van der Waals surface area contributed by atoms with Gasteiger partial charge in [0.25, 0.3) is 0 Å². The van der Waals surface area contributed by atoms with Crippen molar-refractivity contribution in [2.45, 2.75) is 0 Å². The first-order chi connectivity index (χ1) is 2.65. The van der Waals surface area contributed by atoms with E-state index >= 15 is 0 Å². The maximum atomic E-state index is 5.04. The third kappa shape index (κ3) is 75.0. The van der Waals surface area contributed by atoms with Gasteiger partial charge in [0, 0.05) is 0 Å². The van der Waals surface area contributed by atoms with Gasteiger partial charge in [0.1, 0.15) is 0 Å². The Morgan fingerprint density at radius 2 is 0.500 bits per heavy atom. The summed E-state index contributed by atoms with van der Waals surface area (Å²) in [4.78, 5) is 0. The predicted octanol–water partition coefficient (Wildman–Crippen LogP) is 4.82. The molecule has 0 aromatic carbocycles. The first kappa shape index (κ1) is 10.5. The Hall–Kier alpha value is 2.55. The minimum atomic E-state index is -6.11. The molecule has 0 aromatic heterocycles. The summed E-state index contributed by atoms with van der Waals surface area (Å²) in [6, 6.07) is 0. The van der Waals surface area contributed by atoms with Crippen LogP contribution in [-0.4, -0.2) is 0 Å². The van der Waals surface area contributed by atoms with Crippen molar-refractivity contribution in [1.82, 2.24) is 0 Å². The SMILES string of the molecule is [Cl][Mn]([Cl])([Cl])([Cl])([Cl])([Cl])[Cl]. The zero-order valence-corrected chi connectivity index (χ0v) is 9.50. The van der Waals surface area contributed by atoms with Crippen molar-refractivity contribution in [2.24, 2.45) is 0 Å². The summed E-state index contributed by atoms with van der Waals surface area (Å²) >= 11 is 0. The molecule has 0 heterocycles. The van der Waals surface area contributed by atoms with Crippen molar-refractivity contribution in [1.29, 1.82) is 0 Å². The molecule has 0 rings (SSSR count). The second-order valence-corrected chi connectivity index (χ2v) is 42.1. The average Bonchev–Trinajstić information content (AvgIpc) is 0.544. The van der Waals surface area contributed by atoms with E-state index < -0.39 is 3.30 Å². The van der Waals surface area contributed by atoms with Gasteiger partial charge in [-0.05, 0) is 0 Å². The van der Waals surface area contributed by atoms with Crippen LogP contribution >= 0.6 is 70.7 Å². The van der Waals surface area contributed by atoms with E-state index in [4.69, 9.17) is 70.7 Å². The molecule has 0 N–H and O–H groups in total. The van der Waals surface area contributed by atoms with Crippen LogP contribution in [0, 0.1) is 0 Å². The summed E-state index contributed by atoms with van der Waals surface area (Å²) < 4.78 is -6.11. The van der Waals surface area contributed by atoms with E-state index in [0.717, 1.165) is 0 Å². The van der Waals surface area contributed by atoms with E-state index in [-0.39, 0.29) is 0 Å². The first-order valence-electron chi connectivity index (χ1n) is 1.000.